The van der Waals surface area contributed by atoms with Gasteiger partial charge in [0.15, 0.2) is 0 Å². The predicted octanol–water partition coefficient (Wildman–Crippen LogP) is 2.93. The van der Waals surface area contributed by atoms with Crippen molar-refractivity contribution in [2.75, 3.05) is 24.5 Å². The number of piperidine rings is 1. The number of anilines is 1. The Bertz CT molecular complexity index is 359. The number of rotatable bonds is 4. The van der Waals surface area contributed by atoms with E-state index < -0.39 is 0 Å². The second-order valence-electron chi connectivity index (χ2n) is 4.60. The van der Waals surface area contributed by atoms with Crippen LogP contribution in [0, 0.1) is 5.82 Å². The molecular formula is C14H21FN2. The summed E-state index contributed by atoms with van der Waals surface area (Å²) in [5.74, 6) is -0.140. The van der Waals surface area contributed by atoms with Crippen LogP contribution < -0.4 is 10.2 Å². The van der Waals surface area contributed by atoms with Crippen LogP contribution in [0.15, 0.2) is 18.2 Å². The highest BCUT2D eigenvalue weighted by atomic mass is 19.1. The van der Waals surface area contributed by atoms with Crippen LogP contribution in [0.3, 0.4) is 0 Å². The molecule has 1 aromatic carbocycles. The van der Waals surface area contributed by atoms with Crippen LogP contribution in [-0.4, -0.2) is 19.6 Å². The van der Waals surface area contributed by atoms with Gasteiger partial charge in [-0.3, -0.25) is 0 Å². The Morgan fingerprint density at radius 1 is 1.24 bits per heavy atom. The molecule has 2 rings (SSSR count). The molecule has 0 unspecified atom stereocenters. The Labute approximate surface area is 103 Å². The van der Waals surface area contributed by atoms with E-state index in [0.29, 0.717) is 0 Å². The van der Waals surface area contributed by atoms with Crippen molar-refractivity contribution in [1.82, 2.24) is 5.32 Å². The fourth-order valence-corrected chi connectivity index (χ4v) is 2.40. The first kappa shape index (κ1) is 12.4. The van der Waals surface area contributed by atoms with Crippen molar-refractivity contribution in [1.29, 1.82) is 0 Å². The van der Waals surface area contributed by atoms with Crippen molar-refractivity contribution < 1.29 is 4.39 Å². The molecule has 3 heteroatoms. The van der Waals surface area contributed by atoms with E-state index in [-0.39, 0.29) is 5.82 Å². The summed E-state index contributed by atoms with van der Waals surface area (Å²) in [6.45, 7) is 5.94. The van der Waals surface area contributed by atoms with Crippen LogP contribution in [0.1, 0.15) is 31.7 Å². The average Bonchev–Trinajstić information content (AvgIpc) is 2.37. The molecular weight excluding hydrogens is 215 g/mol. The Balaban J connectivity index is 2.18. The third kappa shape index (κ3) is 3.19. The lowest BCUT2D eigenvalue weighted by atomic mass is 10.1. The van der Waals surface area contributed by atoms with Gasteiger partial charge in [-0.25, -0.2) is 4.39 Å². The van der Waals surface area contributed by atoms with Gasteiger partial charge in [-0.1, -0.05) is 6.92 Å². The molecule has 0 atom stereocenters. The molecule has 1 aliphatic heterocycles. The molecule has 1 saturated heterocycles. The summed E-state index contributed by atoms with van der Waals surface area (Å²) in [6, 6.07) is 5.15. The molecule has 0 radical (unpaired) electrons. The maximum absolute atomic E-state index is 13.3. The molecule has 1 N–H and O–H groups in total. The van der Waals surface area contributed by atoms with E-state index in [0.717, 1.165) is 31.7 Å². The molecule has 0 spiro atoms. The van der Waals surface area contributed by atoms with Crippen LogP contribution >= 0.6 is 0 Å². The third-order valence-corrected chi connectivity index (χ3v) is 3.30. The lowest BCUT2D eigenvalue weighted by Gasteiger charge is -2.30. The minimum absolute atomic E-state index is 0.140. The maximum atomic E-state index is 13.3. The first-order valence-electron chi connectivity index (χ1n) is 6.55. The summed E-state index contributed by atoms with van der Waals surface area (Å²) < 4.78 is 13.3. The van der Waals surface area contributed by atoms with Crippen molar-refractivity contribution >= 4 is 5.69 Å². The number of nitrogens with zero attached hydrogens (tertiary/aromatic N) is 1. The van der Waals surface area contributed by atoms with Gasteiger partial charge in [0.05, 0.1) is 0 Å². The van der Waals surface area contributed by atoms with Crippen molar-refractivity contribution in [3.05, 3.63) is 29.6 Å². The fraction of sp³-hybridized carbons (Fsp3) is 0.571. The SMILES string of the molecule is CCNCc1cc(F)ccc1N1CCCCC1. The molecule has 0 saturated carbocycles. The summed E-state index contributed by atoms with van der Waals surface area (Å²) in [4.78, 5) is 2.38. The lowest BCUT2D eigenvalue weighted by Crippen LogP contribution is -2.30. The molecule has 1 heterocycles. The van der Waals surface area contributed by atoms with Crippen molar-refractivity contribution in [2.24, 2.45) is 0 Å². The number of hydrogen-bond acceptors (Lipinski definition) is 2. The van der Waals surface area contributed by atoms with Crippen molar-refractivity contribution in [2.45, 2.75) is 32.7 Å². The summed E-state index contributed by atoms with van der Waals surface area (Å²) in [5, 5.41) is 3.28. The zero-order valence-corrected chi connectivity index (χ0v) is 10.5. The number of benzene rings is 1. The fourth-order valence-electron chi connectivity index (χ4n) is 2.40. The Morgan fingerprint density at radius 2 is 2.00 bits per heavy atom. The van der Waals surface area contributed by atoms with Gasteiger partial charge < -0.3 is 10.2 Å². The molecule has 1 fully saturated rings. The Morgan fingerprint density at radius 3 is 2.71 bits per heavy atom. The molecule has 94 valence electrons. The average molecular weight is 236 g/mol. The highest BCUT2D eigenvalue weighted by Crippen LogP contribution is 2.25. The molecule has 17 heavy (non-hydrogen) atoms. The quantitative estimate of drug-likeness (QED) is 0.864. The van der Waals surface area contributed by atoms with E-state index in [9.17, 15) is 4.39 Å². The van der Waals surface area contributed by atoms with Crippen LogP contribution in [0.4, 0.5) is 10.1 Å². The van der Waals surface area contributed by atoms with Crippen LogP contribution in [0.25, 0.3) is 0 Å². The largest absolute Gasteiger partial charge is 0.371 e. The molecule has 1 aromatic rings. The summed E-state index contributed by atoms with van der Waals surface area (Å²) in [5.41, 5.74) is 2.28. The highest BCUT2D eigenvalue weighted by Gasteiger charge is 2.14. The van der Waals surface area contributed by atoms with Crippen LogP contribution in [0.5, 0.6) is 0 Å². The molecule has 0 amide bonds. The van der Waals surface area contributed by atoms with E-state index in [2.05, 4.69) is 17.1 Å². The minimum atomic E-state index is -0.140. The second kappa shape index (κ2) is 6.01. The van der Waals surface area contributed by atoms with Gasteiger partial charge in [-0.2, -0.15) is 0 Å². The van der Waals surface area contributed by atoms with Gasteiger partial charge in [-0.05, 0) is 49.6 Å². The van der Waals surface area contributed by atoms with Gasteiger partial charge in [0.25, 0.3) is 0 Å². The third-order valence-electron chi connectivity index (χ3n) is 3.30. The zero-order chi connectivity index (χ0) is 12.1. The van der Waals surface area contributed by atoms with Gasteiger partial charge in [-0.15, -0.1) is 0 Å². The second-order valence-corrected chi connectivity index (χ2v) is 4.60. The molecule has 2 nitrogen and oxygen atoms in total. The van der Waals surface area contributed by atoms with E-state index in [1.165, 1.54) is 24.9 Å². The first-order chi connectivity index (χ1) is 8.31. The van der Waals surface area contributed by atoms with E-state index >= 15 is 0 Å². The van der Waals surface area contributed by atoms with Crippen molar-refractivity contribution in [3.63, 3.8) is 0 Å². The summed E-state index contributed by atoms with van der Waals surface area (Å²) >= 11 is 0. The smallest absolute Gasteiger partial charge is 0.123 e. The molecule has 0 bridgehead atoms. The van der Waals surface area contributed by atoms with Gasteiger partial charge >= 0.3 is 0 Å². The monoisotopic (exact) mass is 236 g/mol. The standard InChI is InChI=1S/C14H21FN2/c1-2-16-11-12-10-13(15)6-7-14(12)17-8-4-3-5-9-17/h6-7,10,16H,2-5,8-9,11H2,1H3. The molecule has 1 aliphatic rings. The van der Waals surface area contributed by atoms with E-state index in [1.54, 1.807) is 12.1 Å². The maximum Gasteiger partial charge on any atom is 0.123 e. The Hall–Kier alpha value is -1.09. The predicted molar refractivity (Wildman–Crippen MR) is 69.8 cm³/mol. The van der Waals surface area contributed by atoms with Crippen LogP contribution in [0.2, 0.25) is 0 Å². The van der Waals surface area contributed by atoms with Crippen molar-refractivity contribution in [3.8, 4) is 0 Å². The van der Waals surface area contributed by atoms with E-state index in [4.69, 9.17) is 0 Å². The molecule has 0 aliphatic carbocycles. The zero-order valence-electron chi connectivity index (χ0n) is 10.5. The normalized spacial score (nSPS) is 16.2. The first-order valence-corrected chi connectivity index (χ1v) is 6.55. The van der Waals surface area contributed by atoms with Gasteiger partial charge in [0, 0.05) is 25.3 Å². The Kier molecular flexibility index (Phi) is 4.37. The van der Waals surface area contributed by atoms with E-state index in [1.807, 2.05) is 6.07 Å². The summed E-state index contributed by atoms with van der Waals surface area (Å²) in [7, 11) is 0. The number of halogens is 1. The lowest BCUT2D eigenvalue weighted by molar-refractivity contribution is 0.572. The minimum Gasteiger partial charge on any atom is -0.371 e. The van der Waals surface area contributed by atoms with Gasteiger partial charge in [0.1, 0.15) is 5.82 Å². The highest BCUT2D eigenvalue weighted by molar-refractivity contribution is 5.54. The molecule has 0 aromatic heterocycles. The van der Waals surface area contributed by atoms with Crippen LogP contribution in [-0.2, 0) is 6.54 Å². The topological polar surface area (TPSA) is 15.3 Å². The number of nitrogens with one attached hydrogen (secondary N) is 1. The number of hydrogen-bond donors (Lipinski definition) is 1. The van der Waals surface area contributed by atoms with Gasteiger partial charge in [0.2, 0.25) is 0 Å². The summed E-state index contributed by atoms with van der Waals surface area (Å²) in [6.07, 6.45) is 3.82.